The highest BCUT2D eigenvalue weighted by molar-refractivity contribution is 5.96. The zero-order valence-corrected chi connectivity index (χ0v) is 13.6. The highest BCUT2D eigenvalue weighted by Gasteiger charge is 2.31. The van der Waals surface area contributed by atoms with Gasteiger partial charge in [-0.2, -0.15) is 0 Å². The van der Waals surface area contributed by atoms with E-state index >= 15 is 0 Å². The number of nitrogens with zero attached hydrogens (tertiary/aromatic N) is 1. The van der Waals surface area contributed by atoms with Gasteiger partial charge in [-0.1, -0.05) is 31.5 Å². The maximum atomic E-state index is 12.1. The molecule has 120 valence electrons. The number of carbonyl (C=O) groups excluding carboxylic acids is 2. The van der Waals surface area contributed by atoms with Crippen LogP contribution < -0.4 is 15.5 Å². The van der Waals surface area contributed by atoms with Gasteiger partial charge in [0.05, 0.1) is 6.04 Å². The van der Waals surface area contributed by atoms with Crippen molar-refractivity contribution in [1.29, 1.82) is 0 Å². The molecule has 2 N–H and O–H groups in total. The van der Waals surface area contributed by atoms with E-state index < -0.39 is 0 Å². The summed E-state index contributed by atoms with van der Waals surface area (Å²) in [5.41, 5.74) is 2.05. The van der Waals surface area contributed by atoms with Crippen molar-refractivity contribution in [2.45, 2.75) is 39.7 Å². The van der Waals surface area contributed by atoms with Crippen molar-refractivity contribution < 1.29 is 9.59 Å². The number of rotatable bonds is 5. The Kier molecular flexibility index (Phi) is 5.41. The van der Waals surface area contributed by atoms with E-state index in [1.807, 2.05) is 31.2 Å². The topological polar surface area (TPSA) is 61.4 Å². The van der Waals surface area contributed by atoms with Gasteiger partial charge >= 0.3 is 6.03 Å². The third kappa shape index (κ3) is 4.48. The number of benzene rings is 1. The second kappa shape index (κ2) is 7.29. The predicted molar refractivity (Wildman–Crippen MR) is 87.9 cm³/mol. The molecule has 0 spiro atoms. The molecule has 2 rings (SSSR count). The molecule has 1 unspecified atom stereocenters. The largest absolute Gasteiger partial charge is 0.338 e. The Morgan fingerprint density at radius 1 is 1.32 bits per heavy atom. The fourth-order valence-corrected chi connectivity index (χ4v) is 2.49. The summed E-state index contributed by atoms with van der Waals surface area (Å²) >= 11 is 0. The quantitative estimate of drug-likeness (QED) is 0.877. The van der Waals surface area contributed by atoms with Gasteiger partial charge in [-0.15, -0.1) is 0 Å². The Hall–Kier alpha value is -2.04. The Morgan fingerprint density at radius 3 is 2.64 bits per heavy atom. The van der Waals surface area contributed by atoms with E-state index in [2.05, 4.69) is 24.5 Å². The number of hydrogen-bond donors (Lipinski definition) is 2. The monoisotopic (exact) mass is 303 g/mol. The van der Waals surface area contributed by atoms with Crippen LogP contribution in [-0.2, 0) is 4.79 Å². The second-order valence-electron chi connectivity index (χ2n) is 6.32. The molecule has 1 heterocycles. The highest BCUT2D eigenvalue weighted by Crippen LogP contribution is 2.21. The number of nitrogens with one attached hydrogen (secondary N) is 2. The summed E-state index contributed by atoms with van der Waals surface area (Å²) in [7, 11) is 0. The average Bonchev–Trinajstić information content (AvgIpc) is 2.80. The van der Waals surface area contributed by atoms with Crippen LogP contribution in [0.3, 0.4) is 0 Å². The van der Waals surface area contributed by atoms with Gasteiger partial charge in [-0.3, -0.25) is 4.79 Å². The van der Waals surface area contributed by atoms with Crippen molar-refractivity contribution in [1.82, 2.24) is 10.6 Å². The number of aryl methyl sites for hydroxylation is 1. The van der Waals surface area contributed by atoms with Crippen molar-refractivity contribution in [3.05, 3.63) is 29.8 Å². The van der Waals surface area contributed by atoms with E-state index in [9.17, 15) is 9.59 Å². The second-order valence-corrected chi connectivity index (χ2v) is 6.32. The van der Waals surface area contributed by atoms with Crippen molar-refractivity contribution in [3.63, 3.8) is 0 Å². The van der Waals surface area contributed by atoms with E-state index in [0.29, 0.717) is 25.4 Å². The van der Waals surface area contributed by atoms with Crippen LogP contribution in [-0.4, -0.2) is 31.1 Å². The molecule has 3 amide bonds. The zero-order chi connectivity index (χ0) is 16.1. The molecular formula is C17H25N3O2. The molecule has 1 aliphatic rings. The first kappa shape index (κ1) is 16.3. The summed E-state index contributed by atoms with van der Waals surface area (Å²) in [5.74, 6) is 0.613. The third-order valence-electron chi connectivity index (χ3n) is 3.81. The molecule has 0 saturated carbocycles. The Bertz CT molecular complexity index is 525. The minimum atomic E-state index is -0.191. The number of carbonyl (C=O) groups is 2. The number of amides is 3. The lowest BCUT2D eigenvalue weighted by molar-refractivity contribution is -0.117. The third-order valence-corrected chi connectivity index (χ3v) is 3.81. The Morgan fingerprint density at radius 2 is 2.00 bits per heavy atom. The minimum absolute atomic E-state index is 0.0522. The van der Waals surface area contributed by atoms with Crippen molar-refractivity contribution in [3.8, 4) is 0 Å². The maximum absolute atomic E-state index is 12.1. The van der Waals surface area contributed by atoms with Gasteiger partial charge in [0.2, 0.25) is 5.91 Å². The molecule has 1 fully saturated rings. The first-order chi connectivity index (χ1) is 10.5. The molecular weight excluding hydrogens is 278 g/mol. The summed E-state index contributed by atoms with van der Waals surface area (Å²) < 4.78 is 0. The van der Waals surface area contributed by atoms with E-state index in [1.165, 1.54) is 0 Å². The van der Waals surface area contributed by atoms with Gasteiger partial charge in [0.15, 0.2) is 0 Å². The highest BCUT2D eigenvalue weighted by atomic mass is 16.2. The zero-order valence-electron chi connectivity index (χ0n) is 13.6. The van der Waals surface area contributed by atoms with Gasteiger partial charge < -0.3 is 15.5 Å². The molecule has 1 aromatic carbocycles. The van der Waals surface area contributed by atoms with Gasteiger partial charge in [0.25, 0.3) is 0 Å². The molecule has 5 nitrogen and oxygen atoms in total. The van der Waals surface area contributed by atoms with E-state index in [4.69, 9.17) is 0 Å². The molecule has 5 heteroatoms. The summed E-state index contributed by atoms with van der Waals surface area (Å²) in [6, 6.07) is 7.54. The maximum Gasteiger partial charge on any atom is 0.315 e. The van der Waals surface area contributed by atoms with Crippen LogP contribution in [0.2, 0.25) is 0 Å². The van der Waals surface area contributed by atoms with Crippen molar-refractivity contribution >= 4 is 17.6 Å². The lowest BCUT2D eigenvalue weighted by atomic mass is 10.1. The molecule has 0 radical (unpaired) electrons. The Balaban J connectivity index is 1.84. The Labute approximate surface area is 132 Å². The van der Waals surface area contributed by atoms with Crippen LogP contribution in [0.25, 0.3) is 0 Å². The van der Waals surface area contributed by atoms with Crippen LogP contribution in [0, 0.1) is 12.8 Å². The van der Waals surface area contributed by atoms with Gasteiger partial charge in [-0.25, -0.2) is 4.79 Å². The van der Waals surface area contributed by atoms with Gasteiger partial charge in [0.1, 0.15) is 0 Å². The fourth-order valence-electron chi connectivity index (χ4n) is 2.49. The standard InChI is InChI=1S/C17H25N3O2/c1-12(2)8-9-18-17(22)19-14-10-16(21)20(11-14)15-6-4-13(3)5-7-15/h4-7,12,14H,8-11H2,1-3H3,(H2,18,19,22). The number of urea groups is 1. The molecule has 1 saturated heterocycles. The lowest BCUT2D eigenvalue weighted by Crippen LogP contribution is -2.43. The normalized spacial score (nSPS) is 17.9. The summed E-state index contributed by atoms with van der Waals surface area (Å²) in [5, 5.41) is 5.72. The molecule has 0 aromatic heterocycles. The van der Waals surface area contributed by atoms with Crippen LogP contribution in [0.15, 0.2) is 24.3 Å². The smallest absolute Gasteiger partial charge is 0.315 e. The minimum Gasteiger partial charge on any atom is -0.338 e. The summed E-state index contributed by atoms with van der Waals surface area (Å²) in [6.07, 6.45) is 1.30. The van der Waals surface area contributed by atoms with E-state index in [-0.39, 0.29) is 18.0 Å². The first-order valence-corrected chi connectivity index (χ1v) is 7.87. The van der Waals surface area contributed by atoms with E-state index in [0.717, 1.165) is 17.7 Å². The van der Waals surface area contributed by atoms with Gasteiger partial charge in [-0.05, 0) is 31.4 Å². The average molecular weight is 303 g/mol. The number of hydrogen-bond acceptors (Lipinski definition) is 2. The summed E-state index contributed by atoms with van der Waals surface area (Å²) in [6.45, 7) is 7.44. The predicted octanol–water partition coefficient (Wildman–Crippen LogP) is 2.45. The number of anilines is 1. The molecule has 0 bridgehead atoms. The first-order valence-electron chi connectivity index (χ1n) is 7.87. The van der Waals surface area contributed by atoms with Crippen LogP contribution in [0.4, 0.5) is 10.5 Å². The van der Waals surface area contributed by atoms with Crippen LogP contribution in [0.5, 0.6) is 0 Å². The molecule has 0 aliphatic carbocycles. The lowest BCUT2D eigenvalue weighted by Gasteiger charge is -2.17. The van der Waals surface area contributed by atoms with Gasteiger partial charge in [0, 0.05) is 25.2 Å². The fraction of sp³-hybridized carbons (Fsp3) is 0.529. The SMILES string of the molecule is Cc1ccc(N2CC(NC(=O)NCCC(C)C)CC2=O)cc1. The van der Waals surface area contributed by atoms with Crippen LogP contribution >= 0.6 is 0 Å². The molecule has 1 aromatic rings. The van der Waals surface area contributed by atoms with Crippen molar-refractivity contribution in [2.24, 2.45) is 5.92 Å². The van der Waals surface area contributed by atoms with Crippen LogP contribution in [0.1, 0.15) is 32.3 Å². The van der Waals surface area contributed by atoms with Crippen molar-refractivity contribution in [2.75, 3.05) is 18.0 Å². The molecule has 1 atom stereocenters. The summed E-state index contributed by atoms with van der Waals surface area (Å²) in [4.78, 5) is 25.7. The molecule has 22 heavy (non-hydrogen) atoms. The molecule has 1 aliphatic heterocycles. The van der Waals surface area contributed by atoms with E-state index in [1.54, 1.807) is 4.90 Å².